The quantitative estimate of drug-likeness (QED) is 0.739. The number of nitrogens with zero attached hydrogens (tertiary/aromatic N) is 2. The lowest BCUT2D eigenvalue weighted by atomic mass is 10.1. The molecule has 0 saturated carbocycles. The molecule has 7 nitrogen and oxygen atoms in total. The lowest BCUT2D eigenvalue weighted by Gasteiger charge is -2.37. The number of carbonyl (C=O) groups excluding carboxylic acids is 1. The lowest BCUT2D eigenvalue weighted by molar-refractivity contribution is -0.00539. The monoisotopic (exact) mass is 435 g/mol. The summed E-state index contributed by atoms with van der Waals surface area (Å²) < 4.78 is 32.1. The highest BCUT2D eigenvalue weighted by molar-refractivity contribution is 5.89. The second-order valence-corrected chi connectivity index (χ2v) is 8.93. The van der Waals surface area contributed by atoms with E-state index in [4.69, 9.17) is 14.2 Å². The molecule has 0 aromatic heterocycles. The predicted octanol–water partition coefficient (Wildman–Crippen LogP) is 3.63. The van der Waals surface area contributed by atoms with E-state index in [2.05, 4.69) is 5.32 Å². The van der Waals surface area contributed by atoms with Gasteiger partial charge in [-0.1, -0.05) is 0 Å². The number of urea groups is 1. The molecule has 1 N–H and O–H groups in total. The van der Waals surface area contributed by atoms with Gasteiger partial charge in [-0.25, -0.2) is 9.18 Å². The first kappa shape index (κ1) is 22.3. The van der Waals surface area contributed by atoms with Gasteiger partial charge in [-0.05, 0) is 57.7 Å². The number of benzene rings is 1. The number of amides is 2. The van der Waals surface area contributed by atoms with Gasteiger partial charge in [-0.2, -0.15) is 0 Å². The maximum atomic E-state index is 14.9. The van der Waals surface area contributed by atoms with Crippen LogP contribution in [-0.4, -0.2) is 74.7 Å². The molecule has 172 valence electrons. The molecule has 3 saturated heterocycles. The molecule has 3 aliphatic rings. The second-order valence-electron chi connectivity index (χ2n) is 8.93. The number of morpholine rings is 1. The van der Waals surface area contributed by atoms with Crippen LogP contribution in [0.1, 0.15) is 39.5 Å². The van der Waals surface area contributed by atoms with E-state index in [0.717, 1.165) is 38.9 Å². The number of hydrogen-bond donors (Lipinski definition) is 1. The summed E-state index contributed by atoms with van der Waals surface area (Å²) >= 11 is 0. The fourth-order valence-electron chi connectivity index (χ4n) is 4.73. The zero-order valence-electron chi connectivity index (χ0n) is 18.5. The van der Waals surface area contributed by atoms with Crippen LogP contribution in [-0.2, 0) is 14.2 Å². The molecular weight excluding hydrogens is 401 g/mol. The molecule has 0 spiro atoms. The van der Waals surface area contributed by atoms with Gasteiger partial charge in [-0.3, -0.25) is 0 Å². The summed E-state index contributed by atoms with van der Waals surface area (Å²) in [5.74, 6) is -0.344. The molecule has 1 aromatic carbocycles. The molecule has 8 heteroatoms. The van der Waals surface area contributed by atoms with Crippen LogP contribution in [0.15, 0.2) is 18.2 Å². The summed E-state index contributed by atoms with van der Waals surface area (Å²) in [6, 6.07) is 4.65. The molecular formula is C23H34FN3O4. The molecule has 0 unspecified atom stereocenters. The zero-order valence-corrected chi connectivity index (χ0v) is 18.5. The van der Waals surface area contributed by atoms with Gasteiger partial charge in [0, 0.05) is 45.1 Å². The SMILES string of the molecule is C[C@@H]1CN(c2ccc(NC(=O)N(C[C@@H]3CCCO3)C[C@@H]3CCCO3)cc2F)C[C@@H](C)O1. The van der Waals surface area contributed by atoms with Crippen LogP contribution in [0.5, 0.6) is 0 Å². The maximum Gasteiger partial charge on any atom is 0.322 e. The Balaban J connectivity index is 1.41. The van der Waals surface area contributed by atoms with Crippen LogP contribution in [0.3, 0.4) is 0 Å². The third-order valence-electron chi connectivity index (χ3n) is 6.14. The Bertz CT molecular complexity index is 724. The van der Waals surface area contributed by atoms with Crippen molar-refractivity contribution in [2.45, 2.75) is 63.9 Å². The topological polar surface area (TPSA) is 63.3 Å². The summed E-state index contributed by atoms with van der Waals surface area (Å²) in [5, 5.41) is 2.87. The summed E-state index contributed by atoms with van der Waals surface area (Å²) in [7, 11) is 0. The highest BCUT2D eigenvalue weighted by Gasteiger charge is 2.28. The first-order valence-electron chi connectivity index (χ1n) is 11.5. The Hall–Kier alpha value is -1.90. The van der Waals surface area contributed by atoms with Gasteiger partial charge in [0.05, 0.1) is 30.1 Å². The molecule has 2 amide bonds. The molecule has 0 bridgehead atoms. The fourth-order valence-corrected chi connectivity index (χ4v) is 4.73. The van der Waals surface area contributed by atoms with Gasteiger partial charge in [0.25, 0.3) is 0 Å². The van der Waals surface area contributed by atoms with E-state index >= 15 is 0 Å². The molecule has 4 rings (SSSR count). The van der Waals surface area contributed by atoms with Gasteiger partial charge >= 0.3 is 6.03 Å². The molecule has 31 heavy (non-hydrogen) atoms. The van der Waals surface area contributed by atoms with Crippen molar-refractivity contribution in [2.75, 3.05) is 49.6 Å². The third kappa shape index (κ3) is 5.87. The van der Waals surface area contributed by atoms with Crippen molar-refractivity contribution in [2.24, 2.45) is 0 Å². The number of ether oxygens (including phenoxy) is 3. The van der Waals surface area contributed by atoms with Crippen LogP contribution in [0, 0.1) is 5.82 Å². The van der Waals surface area contributed by atoms with Gasteiger partial charge in [0.2, 0.25) is 0 Å². The van der Waals surface area contributed by atoms with Crippen LogP contribution in [0.25, 0.3) is 0 Å². The Morgan fingerprint density at radius 1 is 1.10 bits per heavy atom. The standard InChI is InChI=1S/C23H34FN3O4/c1-16-12-26(13-17(2)31-16)22-8-7-18(11-21(22)24)25-23(28)27(14-19-5-3-9-29-19)15-20-6-4-10-30-20/h7-8,11,16-17,19-20H,3-6,9-10,12-15H2,1-2H3,(H,25,28)/t16-,17-,19+,20+/m1/s1. The smallest absolute Gasteiger partial charge is 0.322 e. The number of carbonyl (C=O) groups is 1. The minimum absolute atomic E-state index is 0.0479. The molecule has 0 aliphatic carbocycles. The largest absolute Gasteiger partial charge is 0.376 e. The van der Waals surface area contributed by atoms with Crippen molar-refractivity contribution >= 4 is 17.4 Å². The summed E-state index contributed by atoms with van der Waals surface area (Å²) in [6.45, 7) is 7.80. The number of hydrogen-bond acceptors (Lipinski definition) is 5. The average molecular weight is 436 g/mol. The summed E-state index contributed by atoms with van der Waals surface area (Å²) in [6.07, 6.45) is 4.15. The third-order valence-corrected chi connectivity index (χ3v) is 6.14. The van der Waals surface area contributed by atoms with Gasteiger partial charge < -0.3 is 29.3 Å². The molecule has 1 aromatic rings. The Morgan fingerprint density at radius 2 is 1.71 bits per heavy atom. The van der Waals surface area contributed by atoms with E-state index in [1.807, 2.05) is 18.7 Å². The van der Waals surface area contributed by atoms with Crippen molar-refractivity contribution < 1.29 is 23.4 Å². The van der Waals surface area contributed by atoms with E-state index in [1.165, 1.54) is 6.07 Å². The van der Waals surface area contributed by atoms with Crippen molar-refractivity contribution in [1.82, 2.24) is 4.90 Å². The summed E-state index contributed by atoms with van der Waals surface area (Å²) in [5.41, 5.74) is 0.987. The van der Waals surface area contributed by atoms with E-state index in [9.17, 15) is 9.18 Å². The highest BCUT2D eigenvalue weighted by Crippen LogP contribution is 2.26. The van der Waals surface area contributed by atoms with Crippen LogP contribution >= 0.6 is 0 Å². The fraction of sp³-hybridized carbons (Fsp3) is 0.696. The van der Waals surface area contributed by atoms with Crippen molar-refractivity contribution in [3.05, 3.63) is 24.0 Å². The Kier molecular flexibility index (Phi) is 7.30. The molecule has 3 fully saturated rings. The van der Waals surface area contributed by atoms with E-state index in [-0.39, 0.29) is 36.3 Å². The van der Waals surface area contributed by atoms with Crippen molar-refractivity contribution in [1.29, 1.82) is 0 Å². The van der Waals surface area contributed by atoms with Crippen LogP contribution < -0.4 is 10.2 Å². The highest BCUT2D eigenvalue weighted by atomic mass is 19.1. The number of halogens is 1. The number of rotatable bonds is 6. The molecule has 3 aliphatic heterocycles. The van der Waals surface area contributed by atoms with E-state index < -0.39 is 0 Å². The zero-order chi connectivity index (χ0) is 21.8. The maximum absolute atomic E-state index is 14.9. The van der Waals surface area contributed by atoms with Crippen LogP contribution in [0.2, 0.25) is 0 Å². The second kappa shape index (κ2) is 10.1. The Labute approximate surface area is 183 Å². The van der Waals surface area contributed by atoms with Gasteiger partial charge in [-0.15, -0.1) is 0 Å². The first-order valence-corrected chi connectivity index (χ1v) is 11.5. The van der Waals surface area contributed by atoms with Crippen molar-refractivity contribution in [3.63, 3.8) is 0 Å². The normalized spacial score (nSPS) is 28.7. The van der Waals surface area contributed by atoms with E-state index in [1.54, 1.807) is 17.0 Å². The minimum atomic E-state index is -0.344. The minimum Gasteiger partial charge on any atom is -0.376 e. The summed E-state index contributed by atoms with van der Waals surface area (Å²) in [4.78, 5) is 16.8. The Morgan fingerprint density at radius 3 is 2.23 bits per heavy atom. The molecule has 3 heterocycles. The number of anilines is 2. The molecule has 4 atom stereocenters. The lowest BCUT2D eigenvalue weighted by Crippen LogP contribution is -2.46. The van der Waals surface area contributed by atoms with Gasteiger partial charge in [0.15, 0.2) is 0 Å². The predicted molar refractivity (Wildman–Crippen MR) is 117 cm³/mol. The molecule has 0 radical (unpaired) electrons. The van der Waals surface area contributed by atoms with Gasteiger partial charge in [0.1, 0.15) is 5.82 Å². The van der Waals surface area contributed by atoms with E-state index in [0.29, 0.717) is 37.6 Å². The first-order chi connectivity index (χ1) is 15.0. The average Bonchev–Trinajstić information content (AvgIpc) is 3.41. The van der Waals surface area contributed by atoms with Crippen molar-refractivity contribution in [3.8, 4) is 0 Å². The van der Waals surface area contributed by atoms with Crippen LogP contribution in [0.4, 0.5) is 20.6 Å². The number of nitrogens with one attached hydrogen (secondary N) is 1.